The van der Waals surface area contributed by atoms with Gasteiger partial charge in [-0.1, -0.05) is 55.5 Å². The zero-order chi connectivity index (χ0) is 20.6. The number of para-hydroxylation sites is 1. The molecule has 0 fully saturated rings. The number of thiocarbonyl (C=S) groups is 1. The third-order valence-corrected chi connectivity index (χ3v) is 4.81. The van der Waals surface area contributed by atoms with Gasteiger partial charge in [-0.25, -0.2) is 0 Å². The van der Waals surface area contributed by atoms with E-state index in [2.05, 4.69) is 17.6 Å². The van der Waals surface area contributed by atoms with E-state index in [4.69, 9.17) is 17.0 Å². The molecule has 0 unspecified atom stereocenters. The third kappa shape index (κ3) is 5.65. The second-order valence-corrected chi connectivity index (χ2v) is 7.07. The summed E-state index contributed by atoms with van der Waals surface area (Å²) in [6.07, 6.45) is 0.986. The number of anilines is 1. The number of rotatable bonds is 6. The SMILES string of the molecule is CCc1ccc(OCc2ccccc2C(=O)NC(=S)Nc2ccccc2C)cc1. The van der Waals surface area contributed by atoms with Crippen LogP contribution in [-0.2, 0) is 13.0 Å². The number of nitrogens with one attached hydrogen (secondary N) is 2. The molecule has 1 amide bonds. The molecule has 0 atom stereocenters. The Labute approximate surface area is 176 Å². The van der Waals surface area contributed by atoms with Gasteiger partial charge in [-0.05, 0) is 61.0 Å². The maximum Gasteiger partial charge on any atom is 0.257 e. The van der Waals surface area contributed by atoms with E-state index in [1.807, 2.05) is 73.7 Å². The topological polar surface area (TPSA) is 50.4 Å². The van der Waals surface area contributed by atoms with Crippen molar-refractivity contribution in [1.29, 1.82) is 0 Å². The molecule has 4 nitrogen and oxygen atoms in total. The summed E-state index contributed by atoms with van der Waals surface area (Å²) in [5.41, 5.74) is 4.50. The van der Waals surface area contributed by atoms with E-state index in [9.17, 15) is 4.79 Å². The Bertz CT molecular complexity index is 1000. The van der Waals surface area contributed by atoms with Crippen molar-refractivity contribution in [2.75, 3.05) is 5.32 Å². The lowest BCUT2D eigenvalue weighted by atomic mass is 10.1. The van der Waals surface area contributed by atoms with Crippen molar-refractivity contribution in [2.24, 2.45) is 0 Å². The number of hydrogen-bond donors (Lipinski definition) is 2. The van der Waals surface area contributed by atoms with Crippen molar-refractivity contribution in [3.8, 4) is 5.75 Å². The highest BCUT2D eigenvalue weighted by atomic mass is 32.1. The molecule has 148 valence electrons. The molecule has 0 saturated carbocycles. The molecule has 0 aliphatic heterocycles. The molecule has 0 saturated heterocycles. The van der Waals surface area contributed by atoms with Gasteiger partial charge in [0.1, 0.15) is 12.4 Å². The zero-order valence-electron chi connectivity index (χ0n) is 16.6. The standard InChI is InChI=1S/C24H24N2O2S/c1-3-18-12-14-20(15-13-18)28-16-19-9-5-6-10-21(19)23(27)26-24(29)25-22-11-7-4-8-17(22)2/h4-15H,3,16H2,1-2H3,(H2,25,26,27,29). The first-order chi connectivity index (χ1) is 14.1. The number of hydrogen-bond acceptors (Lipinski definition) is 3. The van der Waals surface area contributed by atoms with Crippen LogP contribution in [0.1, 0.15) is 34.0 Å². The molecule has 29 heavy (non-hydrogen) atoms. The summed E-state index contributed by atoms with van der Waals surface area (Å²) in [4.78, 5) is 12.8. The van der Waals surface area contributed by atoms with Gasteiger partial charge in [0.05, 0.1) is 0 Å². The second-order valence-electron chi connectivity index (χ2n) is 6.67. The van der Waals surface area contributed by atoms with Gasteiger partial charge < -0.3 is 10.1 Å². The highest BCUT2D eigenvalue weighted by Crippen LogP contribution is 2.17. The van der Waals surface area contributed by atoms with E-state index in [1.54, 1.807) is 6.07 Å². The van der Waals surface area contributed by atoms with Gasteiger partial charge in [0.15, 0.2) is 5.11 Å². The molecule has 0 aliphatic rings. The molecule has 0 bridgehead atoms. The monoisotopic (exact) mass is 404 g/mol. The lowest BCUT2D eigenvalue weighted by Crippen LogP contribution is -2.34. The number of carbonyl (C=O) groups excluding carboxylic acids is 1. The average molecular weight is 405 g/mol. The lowest BCUT2D eigenvalue weighted by molar-refractivity contribution is 0.0975. The van der Waals surface area contributed by atoms with Crippen LogP contribution in [-0.4, -0.2) is 11.0 Å². The van der Waals surface area contributed by atoms with Crippen molar-refractivity contribution in [1.82, 2.24) is 5.32 Å². The van der Waals surface area contributed by atoms with Gasteiger partial charge in [0, 0.05) is 16.8 Å². The summed E-state index contributed by atoms with van der Waals surface area (Å²) in [5, 5.41) is 6.08. The molecule has 0 aliphatic carbocycles. The van der Waals surface area contributed by atoms with Gasteiger partial charge in [-0.2, -0.15) is 0 Å². The van der Waals surface area contributed by atoms with E-state index < -0.39 is 0 Å². The van der Waals surface area contributed by atoms with E-state index in [0.29, 0.717) is 12.2 Å². The number of aryl methyl sites for hydroxylation is 2. The molecule has 0 heterocycles. The number of ether oxygens (including phenoxy) is 1. The van der Waals surface area contributed by atoms with E-state index in [0.717, 1.165) is 29.0 Å². The molecule has 5 heteroatoms. The Hall–Kier alpha value is -3.18. The first-order valence-electron chi connectivity index (χ1n) is 9.54. The van der Waals surface area contributed by atoms with Crippen LogP contribution in [0.15, 0.2) is 72.8 Å². The largest absolute Gasteiger partial charge is 0.489 e. The van der Waals surface area contributed by atoms with Crippen molar-refractivity contribution < 1.29 is 9.53 Å². The smallest absolute Gasteiger partial charge is 0.257 e. The minimum Gasteiger partial charge on any atom is -0.489 e. The normalized spacial score (nSPS) is 10.3. The summed E-state index contributed by atoms with van der Waals surface area (Å²) < 4.78 is 5.87. The number of carbonyl (C=O) groups is 1. The van der Waals surface area contributed by atoms with Crippen LogP contribution in [0.4, 0.5) is 5.69 Å². The summed E-state index contributed by atoms with van der Waals surface area (Å²) in [5.74, 6) is 0.505. The van der Waals surface area contributed by atoms with Gasteiger partial charge in [0.25, 0.3) is 5.91 Å². The predicted octanol–water partition coefficient (Wildman–Crippen LogP) is 5.26. The summed E-state index contributed by atoms with van der Waals surface area (Å²) >= 11 is 5.31. The summed E-state index contributed by atoms with van der Waals surface area (Å²) in [6.45, 7) is 4.39. The van der Waals surface area contributed by atoms with Crippen molar-refractivity contribution in [3.63, 3.8) is 0 Å². The fraction of sp³-hybridized carbons (Fsp3) is 0.167. The maximum absolute atomic E-state index is 12.8. The van der Waals surface area contributed by atoms with Crippen LogP contribution in [0, 0.1) is 6.92 Å². The highest BCUT2D eigenvalue weighted by Gasteiger charge is 2.13. The van der Waals surface area contributed by atoms with Crippen LogP contribution >= 0.6 is 12.2 Å². The number of benzene rings is 3. The Morgan fingerprint density at radius 2 is 1.66 bits per heavy atom. The maximum atomic E-state index is 12.8. The zero-order valence-corrected chi connectivity index (χ0v) is 17.4. The predicted molar refractivity (Wildman–Crippen MR) is 121 cm³/mol. The quantitative estimate of drug-likeness (QED) is 0.550. The van der Waals surface area contributed by atoms with Crippen LogP contribution in [0.2, 0.25) is 0 Å². The molecule has 0 spiro atoms. The van der Waals surface area contributed by atoms with Gasteiger partial charge >= 0.3 is 0 Å². The summed E-state index contributed by atoms with van der Waals surface area (Å²) in [6, 6.07) is 23.1. The molecular formula is C24H24N2O2S. The molecule has 0 radical (unpaired) electrons. The van der Waals surface area contributed by atoms with Crippen molar-refractivity contribution in [2.45, 2.75) is 26.9 Å². The molecule has 0 aromatic heterocycles. The van der Waals surface area contributed by atoms with Crippen LogP contribution in [0.5, 0.6) is 5.75 Å². The van der Waals surface area contributed by atoms with E-state index >= 15 is 0 Å². The van der Waals surface area contributed by atoms with Crippen LogP contribution in [0.3, 0.4) is 0 Å². The Balaban J connectivity index is 1.64. The Morgan fingerprint density at radius 3 is 2.38 bits per heavy atom. The second kappa shape index (κ2) is 9.85. The molecule has 3 rings (SSSR count). The average Bonchev–Trinajstić information content (AvgIpc) is 2.74. The fourth-order valence-electron chi connectivity index (χ4n) is 2.89. The van der Waals surface area contributed by atoms with Crippen LogP contribution < -0.4 is 15.4 Å². The third-order valence-electron chi connectivity index (χ3n) is 4.61. The minimum atomic E-state index is -0.267. The lowest BCUT2D eigenvalue weighted by Gasteiger charge is -2.14. The number of amides is 1. The molecule has 3 aromatic carbocycles. The Kier molecular flexibility index (Phi) is 6.98. The first-order valence-corrected chi connectivity index (χ1v) is 9.95. The molecule has 3 aromatic rings. The van der Waals surface area contributed by atoms with Crippen LogP contribution in [0.25, 0.3) is 0 Å². The highest BCUT2D eigenvalue weighted by molar-refractivity contribution is 7.80. The van der Waals surface area contributed by atoms with E-state index in [-0.39, 0.29) is 11.0 Å². The van der Waals surface area contributed by atoms with Gasteiger partial charge in [-0.3, -0.25) is 10.1 Å². The fourth-order valence-corrected chi connectivity index (χ4v) is 3.09. The van der Waals surface area contributed by atoms with Crippen molar-refractivity contribution >= 4 is 28.9 Å². The minimum absolute atomic E-state index is 0.259. The van der Waals surface area contributed by atoms with Gasteiger partial charge in [-0.15, -0.1) is 0 Å². The molecular weight excluding hydrogens is 380 g/mol. The van der Waals surface area contributed by atoms with Gasteiger partial charge in [0.2, 0.25) is 0 Å². The Morgan fingerprint density at radius 1 is 0.966 bits per heavy atom. The van der Waals surface area contributed by atoms with Crippen molar-refractivity contribution in [3.05, 3.63) is 95.1 Å². The summed E-state index contributed by atoms with van der Waals surface area (Å²) in [7, 11) is 0. The molecule has 2 N–H and O–H groups in total. The van der Waals surface area contributed by atoms with E-state index in [1.165, 1.54) is 5.56 Å². The first kappa shape index (κ1) is 20.6.